The van der Waals surface area contributed by atoms with Crippen molar-refractivity contribution in [3.8, 4) is 0 Å². The van der Waals surface area contributed by atoms with Crippen LogP contribution < -0.4 is 5.32 Å². The van der Waals surface area contributed by atoms with Crippen molar-refractivity contribution in [2.75, 3.05) is 6.54 Å². The number of likely N-dealkylation sites (N-methyl/N-ethyl adjacent to an activating group) is 1. The first-order valence-electron chi connectivity index (χ1n) is 5.72. The Bertz CT molecular complexity index is 569. The number of nitrogens with zero attached hydrogens (tertiary/aromatic N) is 1. The Hall–Kier alpha value is -2.63. The van der Waals surface area contributed by atoms with Crippen LogP contribution in [0.25, 0.3) is 6.08 Å². The molecule has 0 saturated carbocycles. The Labute approximate surface area is 109 Å². The highest BCUT2D eigenvalue weighted by atomic mass is 16.3. The molecule has 1 fully saturated rings. The van der Waals surface area contributed by atoms with Crippen molar-refractivity contribution in [3.63, 3.8) is 0 Å². The highest BCUT2D eigenvalue weighted by molar-refractivity contribution is 6.28. The molecule has 0 radical (unpaired) electrons. The second-order valence-electron chi connectivity index (χ2n) is 3.76. The monoisotopic (exact) mass is 260 g/mol. The zero-order chi connectivity index (χ0) is 13.8. The van der Waals surface area contributed by atoms with E-state index in [1.54, 1.807) is 25.1 Å². The van der Waals surface area contributed by atoms with Crippen molar-refractivity contribution in [3.05, 3.63) is 41.9 Å². The molecule has 0 unspecified atom stereocenters. The lowest BCUT2D eigenvalue weighted by Crippen LogP contribution is -2.53. The average Bonchev–Trinajstić information content (AvgIpc) is 2.86. The molecule has 0 bridgehead atoms. The molecular weight excluding hydrogens is 248 g/mol. The van der Waals surface area contributed by atoms with Gasteiger partial charge in [-0.2, -0.15) is 0 Å². The fourth-order valence-electron chi connectivity index (χ4n) is 1.63. The maximum atomic E-state index is 11.9. The van der Waals surface area contributed by atoms with Crippen LogP contribution in [-0.2, 0) is 9.59 Å². The Morgan fingerprint density at radius 3 is 2.79 bits per heavy atom. The number of furan rings is 1. The van der Waals surface area contributed by atoms with Crippen LogP contribution in [0.5, 0.6) is 0 Å². The summed E-state index contributed by atoms with van der Waals surface area (Å²) in [6, 6.07) is 2.77. The van der Waals surface area contributed by atoms with Crippen molar-refractivity contribution in [1.82, 2.24) is 10.2 Å². The topological polar surface area (TPSA) is 79.6 Å². The first-order valence-corrected chi connectivity index (χ1v) is 5.72. The SMILES string of the molecule is CCN1C(=O)NC(=O)C(=CC=Cc2ccco2)C1=O. The Balaban J connectivity index is 2.20. The van der Waals surface area contributed by atoms with Crippen LogP contribution in [0.2, 0.25) is 0 Å². The van der Waals surface area contributed by atoms with E-state index in [4.69, 9.17) is 4.42 Å². The van der Waals surface area contributed by atoms with Gasteiger partial charge in [0.05, 0.1) is 6.26 Å². The molecule has 0 spiro atoms. The van der Waals surface area contributed by atoms with Crippen molar-refractivity contribution >= 4 is 23.9 Å². The quantitative estimate of drug-likeness (QED) is 0.656. The third-order valence-electron chi connectivity index (χ3n) is 2.57. The lowest BCUT2D eigenvalue weighted by molar-refractivity contribution is -0.130. The normalized spacial score (nSPS) is 18.5. The van der Waals surface area contributed by atoms with Crippen molar-refractivity contribution in [1.29, 1.82) is 0 Å². The number of barbiturate groups is 1. The Morgan fingerprint density at radius 2 is 2.16 bits per heavy atom. The molecule has 4 amide bonds. The molecule has 1 aromatic heterocycles. The van der Waals surface area contributed by atoms with Gasteiger partial charge in [0.2, 0.25) is 0 Å². The minimum atomic E-state index is -0.691. The molecule has 1 aliphatic heterocycles. The lowest BCUT2D eigenvalue weighted by Gasteiger charge is -2.24. The van der Waals surface area contributed by atoms with Gasteiger partial charge in [0, 0.05) is 6.54 Å². The zero-order valence-corrected chi connectivity index (χ0v) is 10.3. The summed E-state index contributed by atoms with van der Waals surface area (Å²) < 4.78 is 5.07. The predicted molar refractivity (Wildman–Crippen MR) is 66.8 cm³/mol. The molecule has 0 aromatic carbocycles. The predicted octanol–water partition coefficient (Wildman–Crippen LogP) is 1.32. The van der Waals surface area contributed by atoms with E-state index in [1.165, 1.54) is 18.4 Å². The number of imide groups is 2. The second kappa shape index (κ2) is 5.34. The van der Waals surface area contributed by atoms with Gasteiger partial charge in [-0.15, -0.1) is 0 Å². The smallest absolute Gasteiger partial charge is 0.331 e. The van der Waals surface area contributed by atoms with E-state index in [-0.39, 0.29) is 12.1 Å². The first-order chi connectivity index (χ1) is 9.13. The largest absolute Gasteiger partial charge is 0.465 e. The van der Waals surface area contributed by atoms with Crippen molar-refractivity contribution in [2.24, 2.45) is 0 Å². The molecule has 98 valence electrons. The molecular formula is C13H12N2O4. The number of carbonyl (C=O) groups is 3. The van der Waals surface area contributed by atoms with Crippen LogP contribution in [0.15, 0.2) is 40.5 Å². The van der Waals surface area contributed by atoms with E-state index in [9.17, 15) is 14.4 Å². The van der Waals surface area contributed by atoms with E-state index in [0.29, 0.717) is 5.76 Å². The molecule has 6 nitrogen and oxygen atoms in total. The molecule has 6 heteroatoms. The van der Waals surface area contributed by atoms with E-state index >= 15 is 0 Å². The maximum absolute atomic E-state index is 11.9. The number of urea groups is 1. The van der Waals surface area contributed by atoms with Gasteiger partial charge in [0.15, 0.2) is 0 Å². The van der Waals surface area contributed by atoms with E-state index < -0.39 is 17.8 Å². The summed E-state index contributed by atoms with van der Waals surface area (Å²) >= 11 is 0. The standard InChI is InChI=1S/C13H12N2O4/c1-2-15-12(17)10(11(16)14-13(15)18)7-3-5-9-6-4-8-19-9/h3-8H,2H2,1H3,(H,14,16,18). The second-order valence-corrected chi connectivity index (χ2v) is 3.76. The van der Waals surface area contributed by atoms with E-state index in [1.807, 2.05) is 0 Å². The van der Waals surface area contributed by atoms with Crippen LogP contribution in [-0.4, -0.2) is 29.3 Å². The van der Waals surface area contributed by atoms with Gasteiger partial charge in [-0.1, -0.05) is 6.08 Å². The van der Waals surface area contributed by atoms with Gasteiger partial charge in [-0.3, -0.25) is 19.8 Å². The summed E-state index contributed by atoms with van der Waals surface area (Å²) in [5, 5.41) is 2.11. The first kappa shape index (κ1) is 12.8. The van der Waals surface area contributed by atoms with Crippen molar-refractivity contribution < 1.29 is 18.8 Å². The number of nitrogens with one attached hydrogen (secondary N) is 1. The summed E-state index contributed by atoms with van der Waals surface area (Å²) in [7, 11) is 0. The van der Waals surface area contributed by atoms with Gasteiger partial charge < -0.3 is 4.42 Å². The number of amides is 4. The summed E-state index contributed by atoms with van der Waals surface area (Å²) in [6.45, 7) is 1.86. The lowest BCUT2D eigenvalue weighted by atomic mass is 10.1. The number of hydrogen-bond acceptors (Lipinski definition) is 4. The minimum absolute atomic E-state index is 0.0794. The van der Waals surface area contributed by atoms with Gasteiger partial charge in [0.25, 0.3) is 11.8 Å². The molecule has 19 heavy (non-hydrogen) atoms. The van der Waals surface area contributed by atoms with Crippen LogP contribution in [0.4, 0.5) is 4.79 Å². The summed E-state index contributed by atoms with van der Waals surface area (Å²) in [5.41, 5.74) is -0.0794. The minimum Gasteiger partial charge on any atom is -0.465 e. The number of rotatable bonds is 3. The summed E-state index contributed by atoms with van der Waals surface area (Å²) in [5.74, 6) is -0.687. The maximum Gasteiger partial charge on any atom is 0.331 e. The van der Waals surface area contributed by atoms with E-state index in [2.05, 4.69) is 5.32 Å². The van der Waals surface area contributed by atoms with Crippen LogP contribution in [0, 0.1) is 0 Å². The fourth-order valence-corrected chi connectivity index (χ4v) is 1.63. The third kappa shape index (κ3) is 2.62. The highest BCUT2D eigenvalue weighted by Crippen LogP contribution is 2.10. The number of allylic oxidation sites excluding steroid dienone is 2. The molecule has 1 saturated heterocycles. The average molecular weight is 260 g/mol. The molecule has 1 N–H and O–H groups in total. The number of hydrogen-bond donors (Lipinski definition) is 1. The van der Waals surface area contributed by atoms with Gasteiger partial charge in [-0.25, -0.2) is 4.79 Å². The summed E-state index contributed by atoms with van der Waals surface area (Å²) in [6.07, 6.45) is 6.01. The van der Waals surface area contributed by atoms with Crippen molar-refractivity contribution in [2.45, 2.75) is 6.92 Å². The molecule has 2 rings (SSSR count). The molecule has 0 atom stereocenters. The Kier molecular flexibility index (Phi) is 3.61. The number of carbonyl (C=O) groups excluding carboxylic acids is 3. The fraction of sp³-hybridized carbons (Fsp3) is 0.154. The molecule has 1 aliphatic rings. The van der Waals surface area contributed by atoms with Crippen LogP contribution >= 0.6 is 0 Å². The zero-order valence-electron chi connectivity index (χ0n) is 10.3. The van der Waals surface area contributed by atoms with E-state index in [0.717, 1.165) is 4.90 Å². The highest BCUT2D eigenvalue weighted by Gasteiger charge is 2.34. The molecule has 2 heterocycles. The van der Waals surface area contributed by atoms with Gasteiger partial charge in [-0.05, 0) is 31.2 Å². The van der Waals surface area contributed by atoms with Gasteiger partial charge >= 0.3 is 6.03 Å². The molecule has 0 aliphatic carbocycles. The van der Waals surface area contributed by atoms with Crippen LogP contribution in [0.1, 0.15) is 12.7 Å². The summed E-state index contributed by atoms with van der Waals surface area (Å²) in [4.78, 5) is 35.8. The van der Waals surface area contributed by atoms with Gasteiger partial charge in [0.1, 0.15) is 11.3 Å². The Morgan fingerprint density at radius 1 is 1.37 bits per heavy atom. The van der Waals surface area contributed by atoms with Crippen LogP contribution in [0.3, 0.4) is 0 Å². The third-order valence-corrected chi connectivity index (χ3v) is 2.57. The molecule has 1 aromatic rings.